The highest BCUT2D eigenvalue weighted by Gasteiger charge is 2.29. The van der Waals surface area contributed by atoms with Gasteiger partial charge in [0.1, 0.15) is 11.8 Å². The van der Waals surface area contributed by atoms with Gasteiger partial charge in [-0.25, -0.2) is 0 Å². The molecule has 1 aromatic heterocycles. The lowest BCUT2D eigenvalue weighted by Gasteiger charge is -2.33. The van der Waals surface area contributed by atoms with Crippen molar-refractivity contribution in [1.29, 1.82) is 0 Å². The molecule has 22 heavy (non-hydrogen) atoms. The summed E-state index contributed by atoms with van der Waals surface area (Å²) in [5.74, 6) is 0.996. The van der Waals surface area contributed by atoms with Gasteiger partial charge in [0.2, 0.25) is 5.91 Å². The Hall–Kier alpha value is -2.18. The second kappa shape index (κ2) is 6.72. The van der Waals surface area contributed by atoms with E-state index in [0.29, 0.717) is 24.8 Å². The molecule has 1 atom stereocenters. The Morgan fingerprint density at radius 3 is 2.64 bits per heavy atom. The minimum absolute atomic E-state index is 0.110. The molecule has 6 heteroatoms. The van der Waals surface area contributed by atoms with Crippen LogP contribution in [-0.2, 0) is 9.53 Å². The van der Waals surface area contributed by atoms with Crippen molar-refractivity contribution in [1.82, 2.24) is 10.1 Å². The van der Waals surface area contributed by atoms with E-state index in [1.54, 1.807) is 13.0 Å². The quantitative estimate of drug-likeness (QED) is 0.935. The summed E-state index contributed by atoms with van der Waals surface area (Å²) in [5.41, 5.74) is 0.960. The van der Waals surface area contributed by atoms with Crippen LogP contribution in [-0.4, -0.2) is 42.3 Å². The first kappa shape index (κ1) is 14.7. The largest absolute Gasteiger partial charge is 0.379 e. The van der Waals surface area contributed by atoms with E-state index in [2.05, 4.69) is 15.4 Å². The Balaban J connectivity index is 1.82. The van der Waals surface area contributed by atoms with Crippen LogP contribution in [0.5, 0.6) is 0 Å². The van der Waals surface area contributed by atoms with Gasteiger partial charge in [-0.15, -0.1) is 0 Å². The molecule has 0 spiro atoms. The summed E-state index contributed by atoms with van der Waals surface area (Å²) < 4.78 is 10.4. The van der Waals surface area contributed by atoms with Gasteiger partial charge in [-0.1, -0.05) is 35.5 Å². The van der Waals surface area contributed by atoms with Gasteiger partial charge in [-0.05, 0) is 12.5 Å². The fourth-order valence-electron chi connectivity index (χ4n) is 2.62. The minimum Gasteiger partial charge on any atom is -0.379 e. The summed E-state index contributed by atoms with van der Waals surface area (Å²) in [4.78, 5) is 14.9. The van der Waals surface area contributed by atoms with E-state index in [1.807, 2.05) is 30.3 Å². The number of anilines is 1. The third kappa shape index (κ3) is 3.35. The summed E-state index contributed by atoms with van der Waals surface area (Å²) >= 11 is 0. The van der Waals surface area contributed by atoms with Crippen LogP contribution in [0.25, 0.3) is 0 Å². The number of hydrogen-bond donors (Lipinski definition) is 1. The summed E-state index contributed by atoms with van der Waals surface area (Å²) in [6, 6.07) is 11.1. The third-order valence-corrected chi connectivity index (χ3v) is 3.65. The van der Waals surface area contributed by atoms with E-state index in [1.165, 1.54) is 0 Å². The van der Waals surface area contributed by atoms with Gasteiger partial charge < -0.3 is 14.6 Å². The molecule has 1 aromatic carbocycles. The number of amides is 1. The average molecular weight is 301 g/mol. The van der Waals surface area contributed by atoms with Crippen molar-refractivity contribution in [2.24, 2.45) is 0 Å². The number of carbonyl (C=O) groups is 1. The zero-order valence-electron chi connectivity index (χ0n) is 12.5. The van der Waals surface area contributed by atoms with Gasteiger partial charge in [0, 0.05) is 19.2 Å². The second-order valence-corrected chi connectivity index (χ2v) is 5.27. The number of nitrogens with one attached hydrogen (secondary N) is 1. The van der Waals surface area contributed by atoms with Gasteiger partial charge in [0.15, 0.2) is 5.82 Å². The third-order valence-electron chi connectivity index (χ3n) is 3.65. The van der Waals surface area contributed by atoms with Crippen LogP contribution in [0.1, 0.15) is 17.4 Å². The van der Waals surface area contributed by atoms with Crippen LogP contribution in [0.15, 0.2) is 40.9 Å². The monoisotopic (exact) mass is 301 g/mol. The first-order chi connectivity index (χ1) is 10.7. The van der Waals surface area contributed by atoms with E-state index in [-0.39, 0.29) is 11.9 Å². The number of aromatic nitrogens is 1. The number of benzene rings is 1. The van der Waals surface area contributed by atoms with E-state index in [9.17, 15) is 4.79 Å². The molecule has 3 rings (SSSR count). The number of morpholine rings is 1. The summed E-state index contributed by atoms with van der Waals surface area (Å²) in [6.07, 6.45) is 0. The van der Waals surface area contributed by atoms with Crippen LogP contribution in [0.4, 0.5) is 5.82 Å². The van der Waals surface area contributed by atoms with Crippen molar-refractivity contribution in [3.8, 4) is 0 Å². The number of nitrogens with zero attached hydrogens (tertiary/aromatic N) is 2. The van der Waals surface area contributed by atoms with Gasteiger partial charge in [0.25, 0.3) is 0 Å². The fourth-order valence-corrected chi connectivity index (χ4v) is 2.62. The molecule has 1 aliphatic heterocycles. The SMILES string of the molecule is Cc1cc(NC(=O)[C@@H](c2ccccc2)N2CCOCC2)no1. The van der Waals surface area contributed by atoms with E-state index in [0.717, 1.165) is 18.7 Å². The maximum atomic E-state index is 12.7. The Kier molecular flexibility index (Phi) is 4.50. The smallest absolute Gasteiger partial charge is 0.247 e. The van der Waals surface area contributed by atoms with Crippen molar-refractivity contribution in [2.45, 2.75) is 13.0 Å². The van der Waals surface area contributed by atoms with Gasteiger partial charge >= 0.3 is 0 Å². The molecule has 1 N–H and O–H groups in total. The molecule has 116 valence electrons. The van der Waals surface area contributed by atoms with Crippen LogP contribution >= 0.6 is 0 Å². The standard InChI is InChI=1S/C16H19N3O3/c1-12-11-14(18-22-12)17-16(20)15(13-5-3-2-4-6-13)19-7-9-21-10-8-19/h2-6,11,15H,7-10H2,1H3,(H,17,18,20)/t15-/m1/s1. The minimum atomic E-state index is -0.359. The molecule has 0 radical (unpaired) electrons. The normalized spacial score (nSPS) is 17.1. The Bertz CT molecular complexity index is 621. The number of carbonyl (C=O) groups excluding carboxylic acids is 1. The van der Waals surface area contributed by atoms with Crippen molar-refractivity contribution in [3.05, 3.63) is 47.7 Å². The lowest BCUT2D eigenvalue weighted by molar-refractivity contribution is -0.123. The number of ether oxygens (including phenoxy) is 1. The van der Waals surface area contributed by atoms with Gasteiger partial charge in [-0.2, -0.15) is 0 Å². The Morgan fingerprint density at radius 1 is 1.27 bits per heavy atom. The number of rotatable bonds is 4. The molecule has 0 saturated carbocycles. The first-order valence-corrected chi connectivity index (χ1v) is 7.35. The lowest BCUT2D eigenvalue weighted by atomic mass is 10.0. The second-order valence-electron chi connectivity index (χ2n) is 5.27. The van der Waals surface area contributed by atoms with E-state index in [4.69, 9.17) is 9.26 Å². The average Bonchev–Trinajstić information content (AvgIpc) is 2.95. The topological polar surface area (TPSA) is 67.6 Å². The van der Waals surface area contributed by atoms with Crippen LogP contribution in [0.3, 0.4) is 0 Å². The Labute approximate surface area is 129 Å². The highest BCUT2D eigenvalue weighted by Crippen LogP contribution is 2.23. The van der Waals surface area contributed by atoms with Crippen molar-refractivity contribution >= 4 is 11.7 Å². The summed E-state index contributed by atoms with van der Waals surface area (Å²) in [6.45, 7) is 4.52. The van der Waals surface area contributed by atoms with Crippen molar-refractivity contribution in [3.63, 3.8) is 0 Å². The van der Waals surface area contributed by atoms with E-state index >= 15 is 0 Å². The molecular weight excluding hydrogens is 282 g/mol. The predicted octanol–water partition coefficient (Wildman–Crippen LogP) is 2.00. The molecule has 1 amide bonds. The maximum absolute atomic E-state index is 12.7. The molecular formula is C16H19N3O3. The molecule has 6 nitrogen and oxygen atoms in total. The summed E-state index contributed by atoms with van der Waals surface area (Å²) in [7, 11) is 0. The molecule has 0 bridgehead atoms. The van der Waals surface area contributed by atoms with Crippen molar-refractivity contribution in [2.75, 3.05) is 31.6 Å². The zero-order chi connectivity index (χ0) is 15.4. The van der Waals surface area contributed by atoms with Crippen LogP contribution in [0.2, 0.25) is 0 Å². The summed E-state index contributed by atoms with van der Waals surface area (Å²) in [5, 5.41) is 6.66. The number of hydrogen-bond acceptors (Lipinski definition) is 5. The van der Waals surface area contributed by atoms with E-state index < -0.39 is 0 Å². The van der Waals surface area contributed by atoms with Gasteiger partial charge in [0.05, 0.1) is 13.2 Å². The fraction of sp³-hybridized carbons (Fsp3) is 0.375. The lowest BCUT2D eigenvalue weighted by Crippen LogP contribution is -2.43. The number of aryl methyl sites for hydroxylation is 1. The molecule has 1 fully saturated rings. The first-order valence-electron chi connectivity index (χ1n) is 7.35. The Morgan fingerprint density at radius 2 is 2.00 bits per heavy atom. The molecule has 2 heterocycles. The van der Waals surface area contributed by atoms with Crippen LogP contribution < -0.4 is 5.32 Å². The predicted molar refractivity (Wildman–Crippen MR) is 81.4 cm³/mol. The molecule has 1 aliphatic rings. The molecule has 0 unspecified atom stereocenters. The highest BCUT2D eigenvalue weighted by atomic mass is 16.5. The van der Waals surface area contributed by atoms with Gasteiger partial charge in [-0.3, -0.25) is 9.69 Å². The maximum Gasteiger partial charge on any atom is 0.247 e. The van der Waals surface area contributed by atoms with Crippen LogP contribution in [0, 0.1) is 6.92 Å². The highest BCUT2D eigenvalue weighted by molar-refractivity contribution is 5.94. The van der Waals surface area contributed by atoms with Crippen molar-refractivity contribution < 1.29 is 14.1 Å². The zero-order valence-corrected chi connectivity index (χ0v) is 12.5. The molecule has 2 aromatic rings. The molecule has 1 saturated heterocycles. The molecule has 0 aliphatic carbocycles.